The van der Waals surface area contributed by atoms with Crippen molar-refractivity contribution in [2.75, 3.05) is 13.1 Å². The van der Waals surface area contributed by atoms with Gasteiger partial charge in [-0.15, -0.1) is 0 Å². The number of amides is 1. The Balaban J connectivity index is 1.60. The Morgan fingerprint density at radius 1 is 1.30 bits per heavy atom. The molecule has 1 aliphatic heterocycles. The minimum atomic E-state index is -2.61. The standard InChI is InChI=1S/C22H23F2N5O/c1-3-14(2)26-21(30)20-18-9-16(4-5-19(18)27-28-20)17-8-15(10-25-11-17)12-29-7-6-22(23,24)13-29/h3-5,8-11H,6-7,12-13H2,1-2H3,(H,26,30)(H,27,28)/b14-3+. The lowest BCUT2D eigenvalue weighted by molar-refractivity contribution is 0.0115. The molecule has 3 heterocycles. The first-order valence-electron chi connectivity index (χ1n) is 9.81. The molecule has 0 aliphatic carbocycles. The number of nitrogens with one attached hydrogen (secondary N) is 2. The average Bonchev–Trinajstić information content (AvgIpc) is 3.30. The molecule has 2 aromatic heterocycles. The van der Waals surface area contributed by atoms with E-state index in [1.54, 1.807) is 17.3 Å². The number of allylic oxidation sites excluding steroid dienone is 2. The molecule has 3 aromatic rings. The number of pyridine rings is 1. The van der Waals surface area contributed by atoms with Gasteiger partial charge >= 0.3 is 0 Å². The minimum absolute atomic E-state index is 0.102. The second-order valence-corrected chi connectivity index (χ2v) is 7.66. The van der Waals surface area contributed by atoms with Gasteiger partial charge in [-0.1, -0.05) is 12.1 Å². The van der Waals surface area contributed by atoms with Crippen molar-refractivity contribution in [1.82, 2.24) is 25.4 Å². The van der Waals surface area contributed by atoms with Crippen molar-refractivity contribution < 1.29 is 13.6 Å². The maximum Gasteiger partial charge on any atom is 0.276 e. The molecular formula is C22H23F2N5O. The highest BCUT2D eigenvalue weighted by Crippen LogP contribution is 2.29. The Morgan fingerprint density at radius 3 is 2.87 bits per heavy atom. The quantitative estimate of drug-likeness (QED) is 0.662. The van der Waals surface area contributed by atoms with Crippen LogP contribution in [0.25, 0.3) is 22.0 Å². The summed E-state index contributed by atoms with van der Waals surface area (Å²) in [6.07, 6.45) is 5.14. The molecule has 6 nitrogen and oxygen atoms in total. The summed E-state index contributed by atoms with van der Waals surface area (Å²) in [7, 11) is 0. The summed E-state index contributed by atoms with van der Waals surface area (Å²) in [4.78, 5) is 18.6. The SMILES string of the molecule is C/C=C(\C)NC(=O)c1n[nH]c2ccc(-c3cncc(CN4CCC(F)(F)C4)c3)cc12. The number of alkyl halides is 2. The van der Waals surface area contributed by atoms with E-state index in [0.717, 1.165) is 27.9 Å². The molecule has 0 atom stereocenters. The third-order valence-corrected chi connectivity index (χ3v) is 5.30. The fourth-order valence-electron chi connectivity index (χ4n) is 3.61. The molecule has 1 fully saturated rings. The summed E-state index contributed by atoms with van der Waals surface area (Å²) in [6, 6.07) is 7.63. The van der Waals surface area contributed by atoms with E-state index in [9.17, 15) is 13.6 Å². The van der Waals surface area contributed by atoms with Crippen molar-refractivity contribution in [3.8, 4) is 11.1 Å². The highest BCUT2D eigenvalue weighted by Gasteiger charge is 2.37. The smallest absolute Gasteiger partial charge is 0.276 e. The van der Waals surface area contributed by atoms with Crippen molar-refractivity contribution in [3.63, 3.8) is 0 Å². The van der Waals surface area contributed by atoms with Gasteiger partial charge in [-0.05, 0) is 43.2 Å². The molecule has 0 bridgehead atoms. The van der Waals surface area contributed by atoms with Crippen LogP contribution < -0.4 is 5.32 Å². The van der Waals surface area contributed by atoms with Crippen LogP contribution in [0.5, 0.6) is 0 Å². The van der Waals surface area contributed by atoms with Crippen molar-refractivity contribution in [1.29, 1.82) is 0 Å². The van der Waals surface area contributed by atoms with E-state index in [-0.39, 0.29) is 18.9 Å². The number of halogens is 2. The van der Waals surface area contributed by atoms with Crippen molar-refractivity contribution in [2.45, 2.75) is 32.7 Å². The number of benzene rings is 1. The monoisotopic (exact) mass is 411 g/mol. The van der Waals surface area contributed by atoms with Gasteiger partial charge in [0.2, 0.25) is 0 Å². The first kappa shape index (κ1) is 20.2. The highest BCUT2D eigenvalue weighted by atomic mass is 19.3. The number of fused-ring (bicyclic) bond motifs is 1. The van der Waals surface area contributed by atoms with Gasteiger partial charge < -0.3 is 5.32 Å². The summed E-state index contributed by atoms with van der Waals surface area (Å²) in [5, 5.41) is 10.5. The van der Waals surface area contributed by atoms with E-state index in [1.807, 2.05) is 44.2 Å². The van der Waals surface area contributed by atoms with Crippen LogP contribution in [0.15, 0.2) is 48.4 Å². The van der Waals surface area contributed by atoms with Crippen LogP contribution >= 0.6 is 0 Å². The minimum Gasteiger partial charge on any atom is -0.325 e. The summed E-state index contributed by atoms with van der Waals surface area (Å²) in [5.74, 6) is -2.89. The molecule has 1 aliphatic rings. The predicted molar refractivity (Wildman–Crippen MR) is 111 cm³/mol. The number of rotatable bonds is 5. The van der Waals surface area contributed by atoms with Crippen molar-refractivity contribution in [3.05, 3.63) is 59.7 Å². The Bertz CT molecular complexity index is 1120. The van der Waals surface area contributed by atoms with Crippen molar-refractivity contribution >= 4 is 16.8 Å². The number of aromatic amines is 1. The van der Waals surface area contributed by atoms with Gasteiger partial charge in [0.15, 0.2) is 5.69 Å². The second kappa shape index (κ2) is 7.95. The van der Waals surface area contributed by atoms with Crippen molar-refractivity contribution in [2.24, 2.45) is 0 Å². The topological polar surface area (TPSA) is 73.9 Å². The van der Waals surface area contributed by atoms with Crippen LogP contribution in [0, 0.1) is 0 Å². The zero-order valence-electron chi connectivity index (χ0n) is 16.9. The Kier molecular flexibility index (Phi) is 5.34. The summed E-state index contributed by atoms with van der Waals surface area (Å²) in [6.45, 7) is 4.25. The van der Waals surface area contributed by atoms with Gasteiger partial charge in [0.1, 0.15) is 0 Å². The molecule has 156 valence electrons. The molecule has 8 heteroatoms. The van der Waals surface area contributed by atoms with Crippen LogP contribution in [0.2, 0.25) is 0 Å². The molecule has 1 saturated heterocycles. The van der Waals surface area contributed by atoms with Gasteiger partial charge in [0.05, 0.1) is 12.1 Å². The van der Waals surface area contributed by atoms with Crippen LogP contribution in [-0.4, -0.2) is 45.0 Å². The van der Waals surface area contributed by atoms with Crippen LogP contribution in [0.3, 0.4) is 0 Å². The molecule has 0 unspecified atom stereocenters. The fraction of sp³-hybridized carbons (Fsp3) is 0.318. The predicted octanol–water partition coefficient (Wildman–Crippen LogP) is 4.12. The van der Waals surface area contributed by atoms with E-state index >= 15 is 0 Å². The zero-order valence-corrected chi connectivity index (χ0v) is 16.9. The summed E-state index contributed by atoms with van der Waals surface area (Å²) >= 11 is 0. The molecule has 4 rings (SSSR count). The van der Waals surface area contributed by atoms with Gasteiger partial charge in [0.25, 0.3) is 11.8 Å². The second-order valence-electron chi connectivity index (χ2n) is 7.66. The number of carbonyl (C=O) groups excluding carboxylic acids is 1. The number of hydrogen-bond acceptors (Lipinski definition) is 4. The van der Waals surface area contributed by atoms with Crippen LogP contribution in [-0.2, 0) is 6.54 Å². The van der Waals surface area contributed by atoms with Gasteiger partial charge in [-0.2, -0.15) is 5.10 Å². The summed E-state index contributed by atoms with van der Waals surface area (Å²) < 4.78 is 26.9. The molecule has 1 amide bonds. The maximum atomic E-state index is 13.5. The molecule has 30 heavy (non-hydrogen) atoms. The largest absolute Gasteiger partial charge is 0.325 e. The first-order valence-corrected chi connectivity index (χ1v) is 9.81. The number of nitrogens with zero attached hydrogens (tertiary/aromatic N) is 3. The lowest BCUT2D eigenvalue weighted by Gasteiger charge is -2.15. The third kappa shape index (κ3) is 4.23. The Hall–Kier alpha value is -3.13. The molecule has 0 saturated carbocycles. The highest BCUT2D eigenvalue weighted by molar-refractivity contribution is 6.06. The van der Waals surface area contributed by atoms with Gasteiger partial charge in [-0.3, -0.25) is 19.8 Å². The molecular weight excluding hydrogens is 388 g/mol. The molecule has 2 N–H and O–H groups in total. The number of H-pyrrole nitrogens is 1. The van der Waals surface area contributed by atoms with Crippen LogP contribution in [0.1, 0.15) is 36.3 Å². The average molecular weight is 411 g/mol. The lowest BCUT2D eigenvalue weighted by Crippen LogP contribution is -2.24. The number of aromatic nitrogens is 3. The lowest BCUT2D eigenvalue weighted by atomic mass is 10.0. The van der Waals surface area contributed by atoms with E-state index in [0.29, 0.717) is 24.2 Å². The molecule has 1 aromatic carbocycles. The van der Waals surface area contributed by atoms with E-state index in [4.69, 9.17) is 0 Å². The van der Waals surface area contributed by atoms with Gasteiger partial charge in [0, 0.05) is 48.6 Å². The molecule has 0 radical (unpaired) electrons. The Morgan fingerprint density at radius 2 is 2.13 bits per heavy atom. The number of hydrogen-bond donors (Lipinski definition) is 2. The maximum absolute atomic E-state index is 13.5. The fourth-order valence-corrected chi connectivity index (χ4v) is 3.61. The number of carbonyl (C=O) groups is 1. The zero-order chi connectivity index (χ0) is 21.3. The first-order chi connectivity index (χ1) is 14.3. The number of likely N-dealkylation sites (tertiary alicyclic amines) is 1. The third-order valence-electron chi connectivity index (χ3n) is 5.30. The van der Waals surface area contributed by atoms with E-state index in [1.165, 1.54) is 0 Å². The normalized spacial score (nSPS) is 16.9. The van der Waals surface area contributed by atoms with E-state index in [2.05, 4.69) is 20.5 Å². The van der Waals surface area contributed by atoms with E-state index < -0.39 is 5.92 Å². The van der Waals surface area contributed by atoms with Gasteiger partial charge in [-0.25, -0.2) is 8.78 Å². The molecule has 0 spiro atoms. The summed E-state index contributed by atoms with van der Waals surface area (Å²) in [5.41, 5.74) is 4.43. The Labute approximate surface area is 173 Å². The van der Waals surface area contributed by atoms with Crippen LogP contribution in [0.4, 0.5) is 8.78 Å².